The molecule has 0 atom stereocenters. The molecule has 0 radical (unpaired) electrons. The summed E-state index contributed by atoms with van der Waals surface area (Å²) in [5.74, 6) is 1.15. The van der Waals surface area contributed by atoms with Crippen LogP contribution < -0.4 is 15.2 Å². The molecule has 0 saturated carbocycles. The van der Waals surface area contributed by atoms with Gasteiger partial charge in [-0.25, -0.2) is 13.1 Å². The minimum Gasteiger partial charge on any atom is -0.496 e. The summed E-state index contributed by atoms with van der Waals surface area (Å²) in [5.41, 5.74) is 6.99. The van der Waals surface area contributed by atoms with Gasteiger partial charge in [-0.3, -0.25) is 4.79 Å². The number of anilines is 1. The monoisotopic (exact) mass is 431 g/mol. The lowest BCUT2D eigenvalue weighted by Gasteiger charge is -2.31. The quantitative estimate of drug-likeness (QED) is 0.434. The van der Waals surface area contributed by atoms with Gasteiger partial charge in [-0.05, 0) is 50.9 Å². The number of rotatable bonds is 10. The number of likely N-dealkylation sites (tertiary alicyclic amines) is 1. The van der Waals surface area contributed by atoms with Crippen LogP contribution in [0.25, 0.3) is 0 Å². The van der Waals surface area contributed by atoms with Crippen molar-refractivity contribution in [2.45, 2.75) is 32.1 Å². The van der Waals surface area contributed by atoms with Gasteiger partial charge in [0.05, 0.1) is 24.1 Å². The van der Waals surface area contributed by atoms with Crippen molar-refractivity contribution in [3.63, 3.8) is 0 Å². The first-order chi connectivity index (χ1) is 13.2. The van der Waals surface area contributed by atoms with E-state index >= 15 is 0 Å². The molecule has 1 fully saturated rings. The van der Waals surface area contributed by atoms with Crippen molar-refractivity contribution >= 4 is 33.1 Å². The largest absolute Gasteiger partial charge is 0.496 e. The number of nitrogens with two attached hydrogens (primary N) is 1. The second-order valence-corrected chi connectivity index (χ2v) is 9.65. The first kappa shape index (κ1) is 22.9. The lowest BCUT2D eigenvalue weighted by Crippen LogP contribution is -2.36. The predicted molar refractivity (Wildman–Crippen MR) is 112 cm³/mol. The fourth-order valence-corrected chi connectivity index (χ4v) is 4.22. The highest BCUT2D eigenvalue weighted by molar-refractivity contribution is 7.88. The molecule has 0 unspecified atom stereocenters. The van der Waals surface area contributed by atoms with Crippen LogP contribution in [-0.2, 0) is 21.2 Å². The molecular weight excluding hydrogens is 402 g/mol. The Kier molecular flexibility index (Phi) is 8.55. The van der Waals surface area contributed by atoms with Gasteiger partial charge in [0, 0.05) is 31.0 Å². The summed E-state index contributed by atoms with van der Waals surface area (Å²) in [4.78, 5) is 14.8. The molecule has 9 heteroatoms. The van der Waals surface area contributed by atoms with E-state index in [1.807, 2.05) is 0 Å². The fraction of sp³-hybridized carbons (Fsp3) is 0.632. The number of hydrogen-bond acceptors (Lipinski definition) is 6. The highest BCUT2D eigenvalue weighted by Gasteiger charge is 2.22. The van der Waals surface area contributed by atoms with Gasteiger partial charge < -0.3 is 15.4 Å². The molecule has 158 valence electrons. The zero-order chi connectivity index (χ0) is 20.7. The molecule has 2 rings (SSSR count). The zero-order valence-electron chi connectivity index (χ0n) is 16.5. The van der Waals surface area contributed by atoms with E-state index in [0.717, 1.165) is 44.5 Å². The number of hydrogen-bond donors (Lipinski definition) is 2. The van der Waals surface area contributed by atoms with Gasteiger partial charge in [0.2, 0.25) is 10.0 Å². The second-order valence-electron chi connectivity index (χ2n) is 7.41. The van der Waals surface area contributed by atoms with E-state index in [-0.39, 0.29) is 5.78 Å². The van der Waals surface area contributed by atoms with E-state index in [4.69, 9.17) is 22.1 Å². The number of carbonyl (C=O) groups excluding carboxylic acids is 1. The Morgan fingerprint density at radius 3 is 2.64 bits per heavy atom. The van der Waals surface area contributed by atoms with Gasteiger partial charge in [-0.1, -0.05) is 11.6 Å². The molecule has 1 aliphatic rings. The number of benzene rings is 1. The predicted octanol–water partition coefficient (Wildman–Crippen LogP) is 2.08. The van der Waals surface area contributed by atoms with E-state index in [9.17, 15) is 13.2 Å². The Labute approximate surface area is 172 Å². The smallest absolute Gasteiger partial charge is 0.208 e. The van der Waals surface area contributed by atoms with E-state index in [0.29, 0.717) is 41.8 Å². The van der Waals surface area contributed by atoms with Crippen LogP contribution in [0.2, 0.25) is 5.02 Å². The molecule has 1 saturated heterocycles. The summed E-state index contributed by atoms with van der Waals surface area (Å²) in [6, 6.07) is 3.36. The first-order valence-corrected chi connectivity index (χ1v) is 11.8. The molecule has 28 heavy (non-hydrogen) atoms. The molecule has 1 aromatic rings. The number of carbonyl (C=O) groups is 1. The topological polar surface area (TPSA) is 102 Å². The number of sulfonamides is 1. The summed E-state index contributed by atoms with van der Waals surface area (Å²) in [5, 5.41) is 0.433. The number of halogens is 1. The van der Waals surface area contributed by atoms with Gasteiger partial charge in [-0.15, -0.1) is 0 Å². The number of nitrogens with one attached hydrogen (secondary N) is 1. The number of ketones is 1. The molecule has 3 N–H and O–H groups in total. The highest BCUT2D eigenvalue weighted by Crippen LogP contribution is 2.30. The Morgan fingerprint density at radius 1 is 1.36 bits per heavy atom. The maximum absolute atomic E-state index is 12.5. The van der Waals surface area contributed by atoms with E-state index in [2.05, 4.69) is 9.62 Å². The zero-order valence-corrected chi connectivity index (χ0v) is 18.1. The molecule has 0 spiro atoms. The van der Waals surface area contributed by atoms with Crippen LogP contribution in [0, 0.1) is 5.92 Å². The van der Waals surface area contributed by atoms with Crippen molar-refractivity contribution in [1.82, 2.24) is 9.62 Å². The molecule has 7 nitrogen and oxygen atoms in total. The van der Waals surface area contributed by atoms with Crippen LogP contribution in [0.4, 0.5) is 5.69 Å². The molecule has 1 aliphatic heterocycles. The number of piperidine rings is 1. The standard InChI is InChI=1S/C19H30ClN3O4S/c1-27-19-13-18(21)17(20)12-15(19)11-16(24)10-14-4-8-23(9-5-14)7-3-6-22-28(2,25)26/h12-14,22H,3-11,21H2,1-2H3. The van der Waals surface area contributed by atoms with Crippen molar-refractivity contribution in [2.75, 3.05) is 45.3 Å². The van der Waals surface area contributed by atoms with Crippen LogP contribution in [0.3, 0.4) is 0 Å². The van der Waals surface area contributed by atoms with Crippen molar-refractivity contribution in [3.8, 4) is 5.75 Å². The van der Waals surface area contributed by atoms with Crippen LogP contribution in [0.15, 0.2) is 12.1 Å². The number of methoxy groups -OCH3 is 1. The van der Waals surface area contributed by atoms with E-state index in [1.165, 1.54) is 6.26 Å². The molecule has 0 bridgehead atoms. The summed E-state index contributed by atoms with van der Waals surface area (Å²) >= 11 is 6.08. The summed E-state index contributed by atoms with van der Waals surface area (Å²) in [6.07, 6.45) is 4.75. The summed E-state index contributed by atoms with van der Waals surface area (Å²) in [6.45, 7) is 3.20. The van der Waals surface area contributed by atoms with E-state index in [1.54, 1.807) is 19.2 Å². The molecular formula is C19H30ClN3O4S. The number of ether oxygens (including phenoxy) is 1. The third-order valence-electron chi connectivity index (χ3n) is 5.03. The average Bonchev–Trinajstić information content (AvgIpc) is 2.62. The maximum atomic E-state index is 12.5. The minimum atomic E-state index is -3.12. The van der Waals surface area contributed by atoms with Gasteiger partial charge >= 0.3 is 0 Å². The minimum absolute atomic E-state index is 0.176. The SMILES string of the molecule is COc1cc(N)c(Cl)cc1CC(=O)CC1CCN(CCCNS(C)(=O)=O)CC1. The van der Waals surface area contributed by atoms with Crippen LogP contribution in [0.5, 0.6) is 5.75 Å². The number of Topliss-reactive ketones (excluding diaryl/α,β-unsaturated/α-hetero) is 1. The molecule has 1 heterocycles. The van der Waals surface area contributed by atoms with Crippen molar-refractivity contribution in [2.24, 2.45) is 5.92 Å². The summed E-state index contributed by atoms with van der Waals surface area (Å²) < 4.78 is 29.9. The van der Waals surface area contributed by atoms with Crippen molar-refractivity contribution in [1.29, 1.82) is 0 Å². The van der Waals surface area contributed by atoms with Gasteiger partial charge in [0.1, 0.15) is 11.5 Å². The van der Waals surface area contributed by atoms with Crippen LogP contribution in [0.1, 0.15) is 31.2 Å². The third kappa shape index (κ3) is 7.58. The molecule has 0 aromatic heterocycles. The molecule has 1 aromatic carbocycles. The van der Waals surface area contributed by atoms with Gasteiger partial charge in [0.15, 0.2) is 0 Å². The number of nitrogen functional groups attached to an aromatic ring is 1. The second kappa shape index (κ2) is 10.4. The third-order valence-corrected chi connectivity index (χ3v) is 6.08. The van der Waals surface area contributed by atoms with Crippen molar-refractivity contribution in [3.05, 3.63) is 22.7 Å². The maximum Gasteiger partial charge on any atom is 0.208 e. The Morgan fingerprint density at radius 2 is 2.04 bits per heavy atom. The summed E-state index contributed by atoms with van der Waals surface area (Å²) in [7, 11) is -1.56. The fourth-order valence-electron chi connectivity index (χ4n) is 3.52. The molecule has 0 amide bonds. The van der Waals surface area contributed by atoms with Crippen LogP contribution >= 0.6 is 11.6 Å². The first-order valence-electron chi connectivity index (χ1n) is 9.48. The Balaban J connectivity index is 1.74. The lowest BCUT2D eigenvalue weighted by atomic mass is 9.90. The van der Waals surface area contributed by atoms with E-state index < -0.39 is 10.0 Å². The lowest BCUT2D eigenvalue weighted by molar-refractivity contribution is -0.119. The normalized spacial score (nSPS) is 16.2. The highest BCUT2D eigenvalue weighted by atomic mass is 35.5. The average molecular weight is 432 g/mol. The van der Waals surface area contributed by atoms with Gasteiger partial charge in [-0.2, -0.15) is 0 Å². The number of nitrogens with zero attached hydrogens (tertiary/aromatic N) is 1. The van der Waals surface area contributed by atoms with Crippen LogP contribution in [-0.4, -0.2) is 58.6 Å². The van der Waals surface area contributed by atoms with Gasteiger partial charge in [0.25, 0.3) is 0 Å². The van der Waals surface area contributed by atoms with Crippen molar-refractivity contribution < 1.29 is 17.9 Å². The molecule has 0 aliphatic carbocycles. The Hall–Kier alpha value is -1.35. The Bertz CT molecular complexity index is 778.